The van der Waals surface area contributed by atoms with Crippen LogP contribution in [0.2, 0.25) is 0 Å². The van der Waals surface area contributed by atoms with Gasteiger partial charge in [-0.05, 0) is 148 Å². The monoisotopic (exact) mass is 769 g/mol. The summed E-state index contributed by atoms with van der Waals surface area (Å²) in [5.41, 5.74) is 5.16. The lowest BCUT2D eigenvalue weighted by molar-refractivity contribution is -0.0526. The molecular formula is C44H73N4O5P. The molecule has 0 radical (unpaired) electrons. The van der Waals surface area contributed by atoms with Gasteiger partial charge < -0.3 is 19.5 Å². The van der Waals surface area contributed by atoms with Crippen LogP contribution in [0.1, 0.15) is 155 Å². The van der Waals surface area contributed by atoms with Crippen LogP contribution in [0.4, 0.5) is 4.79 Å². The van der Waals surface area contributed by atoms with E-state index in [1.54, 1.807) is 5.57 Å². The van der Waals surface area contributed by atoms with Crippen LogP contribution >= 0.6 is 7.60 Å². The lowest BCUT2D eigenvalue weighted by Crippen LogP contribution is -2.50. The van der Waals surface area contributed by atoms with E-state index in [4.69, 9.17) is 19.6 Å². The summed E-state index contributed by atoms with van der Waals surface area (Å²) in [7, 11) is -3.39. The van der Waals surface area contributed by atoms with Gasteiger partial charge in [0.1, 0.15) is 0 Å². The molecule has 2 N–H and O–H groups in total. The molecule has 6 aliphatic carbocycles. The van der Waals surface area contributed by atoms with Crippen molar-refractivity contribution in [3.05, 3.63) is 23.0 Å². The summed E-state index contributed by atoms with van der Waals surface area (Å²) in [6, 6.07) is 0.403. The van der Waals surface area contributed by atoms with Crippen molar-refractivity contribution in [2.45, 2.75) is 156 Å². The highest BCUT2D eigenvalue weighted by Crippen LogP contribution is 2.68. The van der Waals surface area contributed by atoms with Gasteiger partial charge in [0.05, 0.1) is 30.6 Å². The molecular weight excluding hydrogens is 695 g/mol. The minimum Gasteiger partial charge on any atom is -0.449 e. The molecule has 0 aromatic carbocycles. The Morgan fingerprint density at radius 1 is 0.981 bits per heavy atom. The van der Waals surface area contributed by atoms with E-state index in [-0.39, 0.29) is 6.09 Å². The highest BCUT2D eigenvalue weighted by molar-refractivity contribution is 7.51. The van der Waals surface area contributed by atoms with Gasteiger partial charge in [-0.15, -0.1) is 5.10 Å². The van der Waals surface area contributed by atoms with E-state index in [9.17, 15) is 14.3 Å². The zero-order valence-corrected chi connectivity index (χ0v) is 35.5. The smallest absolute Gasteiger partial charge is 0.407 e. The Balaban J connectivity index is 0.892. The molecule has 9 nitrogen and oxygen atoms in total. The summed E-state index contributed by atoms with van der Waals surface area (Å²) < 4.78 is 24.2. The van der Waals surface area contributed by atoms with Gasteiger partial charge >= 0.3 is 13.7 Å². The van der Waals surface area contributed by atoms with E-state index in [0.29, 0.717) is 54.4 Å². The number of nitrogens with zero attached hydrogens (tertiary/aromatic N) is 3. The van der Waals surface area contributed by atoms with Gasteiger partial charge in [0, 0.05) is 13.2 Å². The molecule has 1 amide bonds. The largest absolute Gasteiger partial charge is 0.449 e. The van der Waals surface area contributed by atoms with Gasteiger partial charge in [-0.25, -0.2) is 9.48 Å². The van der Waals surface area contributed by atoms with Crippen LogP contribution in [0.25, 0.3) is 0 Å². The van der Waals surface area contributed by atoms with E-state index in [2.05, 4.69) is 50.7 Å². The molecule has 4 fully saturated rings. The maximum atomic E-state index is 12.5. The second-order valence-electron chi connectivity index (χ2n) is 19.9. The van der Waals surface area contributed by atoms with Gasteiger partial charge in [-0.3, -0.25) is 4.57 Å². The van der Waals surface area contributed by atoms with Crippen LogP contribution in [-0.4, -0.2) is 52.4 Å². The first kappa shape index (κ1) is 40.5. The maximum absolute atomic E-state index is 12.5. The molecule has 0 bridgehead atoms. The van der Waals surface area contributed by atoms with Crippen LogP contribution in [0, 0.1) is 64.1 Å². The standard InChI is InChI=1S/C44H73N4O5P/c1-29(2)12-11-13-30(3)37-17-18-38-34-15-14-31-26-32(20-22-43(31,4)39(34)21-23-44(37,38)5)48-41-27-35-33(16-19-40(41)46-47-48)36(35)28-52-42(49)45-24-9-7-8-10-25-53-54(6,50)51/h14,29-30,32-39H,7-13,15-28H2,1-6H3,(H,45,49)(H,50,51)/t30?,32-,33-,34-,35+,36-,37?,38-,39-,43-,44+/m0/s1. The minimum absolute atomic E-state index is 0.291. The van der Waals surface area contributed by atoms with Crippen molar-refractivity contribution in [2.75, 3.05) is 26.4 Å². The molecule has 7 rings (SSSR count). The maximum Gasteiger partial charge on any atom is 0.407 e. The third-order valence-corrected chi connectivity index (χ3v) is 16.9. The van der Waals surface area contributed by atoms with E-state index in [1.807, 2.05) is 0 Å². The third kappa shape index (κ3) is 8.59. The van der Waals surface area contributed by atoms with Gasteiger partial charge in [0.15, 0.2) is 0 Å². The topological polar surface area (TPSA) is 116 Å². The van der Waals surface area contributed by atoms with Crippen molar-refractivity contribution in [1.29, 1.82) is 0 Å². The molecule has 1 heterocycles. The number of aryl methyl sites for hydroxylation is 1. The molecule has 1 aromatic heterocycles. The summed E-state index contributed by atoms with van der Waals surface area (Å²) >= 11 is 0. The number of hydrogen-bond acceptors (Lipinski definition) is 6. The quantitative estimate of drug-likeness (QED) is 0.0977. The fourth-order valence-corrected chi connectivity index (χ4v) is 13.6. The number of ether oxygens (including phenoxy) is 1. The zero-order chi connectivity index (χ0) is 38.3. The van der Waals surface area contributed by atoms with Crippen molar-refractivity contribution < 1.29 is 23.5 Å². The van der Waals surface area contributed by atoms with E-state index in [1.165, 1.54) is 82.3 Å². The Hall–Kier alpha value is -1.70. The molecule has 12 atom stereocenters. The van der Waals surface area contributed by atoms with Crippen LogP contribution in [0.3, 0.4) is 0 Å². The molecule has 304 valence electrons. The normalized spacial score (nSPS) is 37.1. The van der Waals surface area contributed by atoms with E-state index in [0.717, 1.165) is 86.9 Å². The molecule has 1 aromatic rings. The first-order valence-electron chi connectivity index (χ1n) is 22.3. The second-order valence-corrected chi connectivity index (χ2v) is 21.8. The van der Waals surface area contributed by atoms with Crippen molar-refractivity contribution in [3.8, 4) is 0 Å². The lowest BCUT2D eigenvalue weighted by atomic mass is 9.47. The summed E-state index contributed by atoms with van der Waals surface area (Å²) in [5.74, 6) is 6.76. The predicted octanol–water partition coefficient (Wildman–Crippen LogP) is 10.3. The Morgan fingerprint density at radius 3 is 2.59 bits per heavy atom. The fraction of sp³-hybridized carbons (Fsp3) is 0.886. The van der Waals surface area contributed by atoms with Crippen LogP contribution in [-0.2, 0) is 26.7 Å². The average Bonchev–Trinajstić information content (AvgIpc) is 3.49. The van der Waals surface area contributed by atoms with Crippen LogP contribution in [0.5, 0.6) is 0 Å². The van der Waals surface area contributed by atoms with Crippen molar-refractivity contribution in [1.82, 2.24) is 20.3 Å². The summed E-state index contributed by atoms with van der Waals surface area (Å²) in [6.07, 6.45) is 23.8. The predicted molar refractivity (Wildman–Crippen MR) is 214 cm³/mol. The molecule has 10 heteroatoms. The Kier molecular flexibility index (Phi) is 12.5. The number of carbonyl (C=O) groups is 1. The Labute approximate surface area is 326 Å². The number of nitrogens with one attached hydrogen (secondary N) is 1. The first-order chi connectivity index (χ1) is 25.8. The average molecular weight is 769 g/mol. The number of aromatic nitrogens is 3. The van der Waals surface area contributed by atoms with Gasteiger partial charge in [-0.2, -0.15) is 0 Å². The molecule has 3 unspecified atom stereocenters. The number of hydrogen-bond donors (Lipinski definition) is 2. The highest BCUT2D eigenvalue weighted by atomic mass is 31.2. The first-order valence-corrected chi connectivity index (χ1v) is 24.3. The SMILES string of the molecule is CC(C)CCCC(C)C1CC[C@H]2[C@@H]3CC=C4C[C@@H](n5nnc6c5C[C@@H]5[C@H](CC6)[C@@H]5COC(=O)NCCCCCCOP(C)(=O)O)CC[C@]4(C)[C@H]3CC[C@]12C. The van der Waals surface area contributed by atoms with Crippen molar-refractivity contribution in [3.63, 3.8) is 0 Å². The second kappa shape index (κ2) is 16.6. The number of carbonyl (C=O) groups excluding carboxylic acids is 1. The molecule has 6 aliphatic rings. The van der Waals surface area contributed by atoms with Gasteiger partial charge in [0.25, 0.3) is 0 Å². The van der Waals surface area contributed by atoms with E-state index >= 15 is 0 Å². The van der Waals surface area contributed by atoms with Crippen molar-refractivity contribution in [2.24, 2.45) is 64.1 Å². The Bertz CT molecular complexity index is 1540. The zero-order valence-electron chi connectivity index (χ0n) is 34.6. The van der Waals surface area contributed by atoms with Crippen LogP contribution in [0.15, 0.2) is 11.6 Å². The molecule has 0 aliphatic heterocycles. The van der Waals surface area contributed by atoms with Crippen molar-refractivity contribution >= 4 is 13.7 Å². The minimum atomic E-state index is -3.39. The molecule has 4 saturated carbocycles. The lowest BCUT2D eigenvalue weighted by Gasteiger charge is -2.58. The van der Waals surface area contributed by atoms with Gasteiger partial charge in [0.2, 0.25) is 0 Å². The molecule has 0 spiro atoms. The summed E-state index contributed by atoms with van der Waals surface area (Å²) in [5, 5.41) is 12.5. The third-order valence-electron chi connectivity index (χ3n) is 16.2. The number of alkyl carbamates (subject to hydrolysis) is 1. The highest BCUT2D eigenvalue weighted by Gasteiger charge is 2.59. The number of allylic oxidation sites excluding steroid dienone is 2. The molecule has 0 saturated heterocycles. The number of amides is 1. The fourth-order valence-electron chi connectivity index (χ4n) is 13.2. The van der Waals surface area contributed by atoms with Gasteiger partial charge in [-0.1, -0.05) is 83.6 Å². The molecule has 54 heavy (non-hydrogen) atoms. The Morgan fingerprint density at radius 2 is 1.80 bits per heavy atom. The van der Waals surface area contributed by atoms with E-state index < -0.39 is 7.60 Å². The number of unbranched alkanes of at least 4 members (excludes halogenated alkanes) is 3. The summed E-state index contributed by atoms with van der Waals surface area (Å²) in [4.78, 5) is 21.7. The van der Waals surface area contributed by atoms with Crippen LogP contribution < -0.4 is 5.32 Å². The number of fused-ring (bicyclic) bond motifs is 7. The number of rotatable bonds is 16. The summed E-state index contributed by atoms with van der Waals surface area (Å²) in [6.45, 7) is 15.3.